The molecular formula is C10H17NO2. The van der Waals surface area contributed by atoms with Crippen LogP contribution in [0.15, 0.2) is 11.8 Å². The molecule has 13 heavy (non-hydrogen) atoms. The van der Waals surface area contributed by atoms with Crippen molar-refractivity contribution in [3.8, 4) is 0 Å². The molecule has 0 aromatic carbocycles. The summed E-state index contributed by atoms with van der Waals surface area (Å²) in [7, 11) is 0. The maximum absolute atomic E-state index is 11.6. The molecule has 0 saturated heterocycles. The largest absolute Gasteiger partial charge is 0.490 e. The van der Waals surface area contributed by atoms with Gasteiger partial charge in [-0.05, 0) is 12.0 Å². The Kier molecular flexibility index (Phi) is 3.48. The van der Waals surface area contributed by atoms with Crippen LogP contribution >= 0.6 is 0 Å². The Hall–Kier alpha value is -0.830. The highest BCUT2D eigenvalue weighted by atomic mass is 16.5. The molecule has 2 unspecified atom stereocenters. The van der Waals surface area contributed by atoms with Crippen molar-refractivity contribution >= 4 is 5.78 Å². The van der Waals surface area contributed by atoms with Crippen LogP contribution in [0.3, 0.4) is 0 Å². The molecule has 2 atom stereocenters. The molecule has 0 bridgehead atoms. The van der Waals surface area contributed by atoms with Crippen LogP contribution in [0.4, 0.5) is 0 Å². The summed E-state index contributed by atoms with van der Waals surface area (Å²) >= 11 is 0. The van der Waals surface area contributed by atoms with Crippen molar-refractivity contribution in [2.24, 2.45) is 11.7 Å². The lowest BCUT2D eigenvalue weighted by atomic mass is 9.95. The average Bonchev–Trinajstić information content (AvgIpc) is 2.67. The lowest BCUT2D eigenvalue weighted by molar-refractivity contribution is -0.120. The monoisotopic (exact) mass is 183 g/mol. The molecular weight excluding hydrogens is 166 g/mol. The SMILES string of the molecule is CCC(C)C(N)C(=O)C1=CCCO1. The molecule has 0 radical (unpaired) electrons. The summed E-state index contributed by atoms with van der Waals surface area (Å²) in [5.41, 5.74) is 5.78. The van der Waals surface area contributed by atoms with Crippen molar-refractivity contribution < 1.29 is 9.53 Å². The lowest BCUT2D eigenvalue weighted by Gasteiger charge is -2.16. The maximum atomic E-state index is 11.6. The molecule has 0 amide bonds. The third kappa shape index (κ3) is 2.31. The minimum absolute atomic E-state index is 0.0492. The number of ether oxygens (including phenoxy) is 1. The summed E-state index contributed by atoms with van der Waals surface area (Å²) in [4.78, 5) is 11.6. The van der Waals surface area contributed by atoms with Crippen molar-refractivity contribution in [1.82, 2.24) is 0 Å². The number of carbonyl (C=O) groups is 1. The van der Waals surface area contributed by atoms with E-state index in [0.717, 1.165) is 12.8 Å². The zero-order valence-electron chi connectivity index (χ0n) is 8.25. The van der Waals surface area contributed by atoms with Gasteiger partial charge in [0.25, 0.3) is 0 Å². The van der Waals surface area contributed by atoms with Crippen molar-refractivity contribution in [1.29, 1.82) is 0 Å². The summed E-state index contributed by atoms with van der Waals surface area (Å²) in [6.45, 7) is 4.63. The van der Waals surface area contributed by atoms with Crippen molar-refractivity contribution in [2.45, 2.75) is 32.7 Å². The van der Waals surface area contributed by atoms with E-state index in [-0.39, 0.29) is 11.7 Å². The van der Waals surface area contributed by atoms with Crippen molar-refractivity contribution in [3.05, 3.63) is 11.8 Å². The first-order valence-corrected chi connectivity index (χ1v) is 4.79. The highest BCUT2D eigenvalue weighted by molar-refractivity contribution is 5.98. The summed E-state index contributed by atoms with van der Waals surface area (Å²) < 4.78 is 5.16. The number of carbonyl (C=O) groups excluding carboxylic acids is 1. The first kappa shape index (κ1) is 10.3. The van der Waals surface area contributed by atoms with Gasteiger partial charge >= 0.3 is 0 Å². The van der Waals surface area contributed by atoms with Crippen molar-refractivity contribution in [3.63, 3.8) is 0 Å². The Bertz CT molecular complexity index is 223. The molecule has 2 N–H and O–H groups in total. The minimum Gasteiger partial charge on any atom is -0.490 e. The van der Waals surface area contributed by atoms with Gasteiger partial charge in [-0.15, -0.1) is 0 Å². The smallest absolute Gasteiger partial charge is 0.213 e. The highest BCUT2D eigenvalue weighted by Crippen LogP contribution is 2.15. The van der Waals surface area contributed by atoms with Crippen LogP contribution in [0.5, 0.6) is 0 Å². The molecule has 0 aromatic heterocycles. The molecule has 1 rings (SSSR count). The molecule has 0 fully saturated rings. The number of rotatable bonds is 4. The van der Waals surface area contributed by atoms with E-state index in [2.05, 4.69) is 0 Å². The van der Waals surface area contributed by atoms with Gasteiger partial charge in [-0.1, -0.05) is 20.3 Å². The first-order chi connectivity index (χ1) is 6.16. The summed E-state index contributed by atoms with van der Waals surface area (Å²) in [5.74, 6) is 0.636. The van der Waals surface area contributed by atoms with Gasteiger partial charge in [0.05, 0.1) is 12.6 Å². The third-order valence-electron chi connectivity index (χ3n) is 2.51. The van der Waals surface area contributed by atoms with Gasteiger partial charge in [-0.2, -0.15) is 0 Å². The first-order valence-electron chi connectivity index (χ1n) is 4.79. The standard InChI is InChI=1S/C10H17NO2/c1-3-7(2)9(11)10(12)8-5-4-6-13-8/h5,7,9H,3-4,6,11H2,1-2H3. The van der Waals surface area contributed by atoms with E-state index in [0.29, 0.717) is 12.4 Å². The maximum Gasteiger partial charge on any atom is 0.213 e. The van der Waals surface area contributed by atoms with Crippen LogP contribution in [-0.4, -0.2) is 18.4 Å². The van der Waals surface area contributed by atoms with E-state index in [1.165, 1.54) is 0 Å². The van der Waals surface area contributed by atoms with Gasteiger partial charge < -0.3 is 10.5 Å². The molecule has 0 aliphatic carbocycles. The number of Topliss-reactive ketones (excluding diaryl/α,β-unsaturated/α-hetero) is 1. The molecule has 1 aliphatic heterocycles. The number of hydrogen-bond donors (Lipinski definition) is 1. The molecule has 0 aromatic rings. The van der Waals surface area contributed by atoms with Crippen LogP contribution < -0.4 is 5.73 Å². The van der Waals surface area contributed by atoms with Crippen LogP contribution in [0.2, 0.25) is 0 Å². The van der Waals surface area contributed by atoms with E-state index < -0.39 is 6.04 Å². The predicted octanol–water partition coefficient (Wildman–Crippen LogP) is 1.23. The van der Waals surface area contributed by atoms with E-state index in [9.17, 15) is 4.79 Å². The lowest BCUT2D eigenvalue weighted by Crippen LogP contribution is -2.37. The van der Waals surface area contributed by atoms with Crippen LogP contribution in [0.25, 0.3) is 0 Å². The second-order valence-corrected chi connectivity index (χ2v) is 3.48. The third-order valence-corrected chi connectivity index (χ3v) is 2.51. The molecule has 3 heteroatoms. The Morgan fingerprint density at radius 3 is 2.92 bits per heavy atom. The van der Waals surface area contributed by atoms with Gasteiger partial charge in [-0.3, -0.25) is 4.79 Å². The molecule has 3 nitrogen and oxygen atoms in total. The predicted molar refractivity (Wildman–Crippen MR) is 51.1 cm³/mol. The number of ketones is 1. The summed E-state index contributed by atoms with van der Waals surface area (Å²) in [6.07, 6.45) is 3.57. The normalized spacial score (nSPS) is 20.4. The Morgan fingerprint density at radius 2 is 2.46 bits per heavy atom. The highest BCUT2D eigenvalue weighted by Gasteiger charge is 2.25. The van der Waals surface area contributed by atoms with Gasteiger partial charge in [0.15, 0.2) is 5.76 Å². The zero-order valence-corrected chi connectivity index (χ0v) is 8.25. The zero-order chi connectivity index (χ0) is 9.84. The van der Waals surface area contributed by atoms with E-state index in [1.807, 2.05) is 19.9 Å². The second-order valence-electron chi connectivity index (χ2n) is 3.48. The summed E-state index contributed by atoms with van der Waals surface area (Å²) in [6, 6.07) is -0.408. The van der Waals surface area contributed by atoms with Gasteiger partial charge in [0.2, 0.25) is 5.78 Å². The quantitative estimate of drug-likeness (QED) is 0.713. The minimum atomic E-state index is -0.408. The molecule has 1 aliphatic rings. The van der Waals surface area contributed by atoms with E-state index in [4.69, 9.17) is 10.5 Å². The van der Waals surface area contributed by atoms with E-state index >= 15 is 0 Å². The second kappa shape index (κ2) is 4.42. The fraction of sp³-hybridized carbons (Fsp3) is 0.700. The van der Waals surface area contributed by atoms with Crippen molar-refractivity contribution in [2.75, 3.05) is 6.61 Å². The van der Waals surface area contributed by atoms with Gasteiger partial charge in [0, 0.05) is 6.42 Å². The Labute approximate surface area is 78.9 Å². The van der Waals surface area contributed by atoms with Gasteiger partial charge in [-0.25, -0.2) is 0 Å². The van der Waals surface area contributed by atoms with Gasteiger partial charge in [0.1, 0.15) is 0 Å². The molecule has 1 heterocycles. The fourth-order valence-electron chi connectivity index (χ4n) is 1.27. The Balaban J connectivity index is 2.56. The molecule has 0 spiro atoms. The topological polar surface area (TPSA) is 52.3 Å². The van der Waals surface area contributed by atoms with Crippen LogP contribution in [-0.2, 0) is 9.53 Å². The van der Waals surface area contributed by atoms with E-state index in [1.54, 1.807) is 0 Å². The fourth-order valence-corrected chi connectivity index (χ4v) is 1.27. The average molecular weight is 183 g/mol. The van der Waals surface area contributed by atoms with Crippen LogP contribution in [0.1, 0.15) is 26.7 Å². The molecule has 0 saturated carbocycles. The summed E-state index contributed by atoms with van der Waals surface area (Å²) in [5, 5.41) is 0. The number of hydrogen-bond acceptors (Lipinski definition) is 3. The van der Waals surface area contributed by atoms with Crippen LogP contribution in [0, 0.1) is 5.92 Å². The Morgan fingerprint density at radius 1 is 1.77 bits per heavy atom. The molecule has 74 valence electrons. The number of nitrogens with two attached hydrogens (primary N) is 1.